The molecule has 0 radical (unpaired) electrons. The van der Waals surface area contributed by atoms with Gasteiger partial charge in [0, 0.05) is 10.6 Å². The van der Waals surface area contributed by atoms with Crippen LogP contribution in [-0.4, -0.2) is 0 Å². The van der Waals surface area contributed by atoms with E-state index in [1.165, 1.54) is 12.1 Å². The van der Waals surface area contributed by atoms with Crippen molar-refractivity contribution in [1.82, 2.24) is 5.43 Å². The van der Waals surface area contributed by atoms with E-state index in [1.807, 2.05) is 0 Å². The molecule has 106 valence electrons. The molecule has 0 spiro atoms. The summed E-state index contributed by atoms with van der Waals surface area (Å²) in [4.78, 5) is 0. The van der Waals surface area contributed by atoms with E-state index in [2.05, 4.69) is 21.4 Å². The lowest BCUT2D eigenvalue weighted by Crippen LogP contribution is -2.30. The molecule has 1 unspecified atom stereocenters. The lowest BCUT2D eigenvalue weighted by atomic mass is 9.99. The Bertz CT molecular complexity index is 622. The van der Waals surface area contributed by atoms with Crippen LogP contribution >= 0.6 is 27.5 Å². The highest BCUT2D eigenvalue weighted by Crippen LogP contribution is 2.25. The summed E-state index contributed by atoms with van der Waals surface area (Å²) in [6, 6.07) is 8.63. The normalized spacial score (nSPS) is 12.4. The molecule has 0 saturated heterocycles. The summed E-state index contributed by atoms with van der Waals surface area (Å²) in [7, 11) is 0. The minimum Gasteiger partial charge on any atom is -0.271 e. The highest BCUT2D eigenvalue weighted by atomic mass is 79.9. The smallest absolute Gasteiger partial charge is 0.137 e. The third kappa shape index (κ3) is 3.55. The van der Waals surface area contributed by atoms with Crippen LogP contribution in [0.5, 0.6) is 0 Å². The number of hydrogen-bond acceptors (Lipinski definition) is 2. The summed E-state index contributed by atoms with van der Waals surface area (Å²) >= 11 is 8.84. The van der Waals surface area contributed by atoms with Crippen LogP contribution in [0.25, 0.3) is 0 Å². The number of halogens is 4. The van der Waals surface area contributed by atoms with Crippen LogP contribution in [0.4, 0.5) is 8.78 Å². The SMILES string of the molecule is NNC(Cc1ccc(F)c(Br)c1)c1ccc(Cl)cc1F. The molecule has 0 saturated carbocycles. The Balaban J connectivity index is 2.26. The van der Waals surface area contributed by atoms with Crippen molar-refractivity contribution in [3.63, 3.8) is 0 Å². The molecule has 2 nitrogen and oxygen atoms in total. The molecule has 0 heterocycles. The third-order valence-corrected chi connectivity index (χ3v) is 3.81. The summed E-state index contributed by atoms with van der Waals surface area (Å²) in [5.41, 5.74) is 3.81. The molecule has 0 aliphatic rings. The molecule has 2 aromatic carbocycles. The zero-order valence-electron chi connectivity index (χ0n) is 10.3. The average molecular weight is 362 g/mol. The number of nitrogens with one attached hydrogen (secondary N) is 1. The second-order valence-electron chi connectivity index (χ2n) is 4.34. The fourth-order valence-corrected chi connectivity index (χ4v) is 2.53. The van der Waals surface area contributed by atoms with Gasteiger partial charge in [0.2, 0.25) is 0 Å². The van der Waals surface area contributed by atoms with Crippen molar-refractivity contribution >= 4 is 27.5 Å². The molecule has 3 N–H and O–H groups in total. The molecule has 0 aliphatic heterocycles. The predicted molar refractivity (Wildman–Crippen MR) is 79.3 cm³/mol. The van der Waals surface area contributed by atoms with Gasteiger partial charge in [-0.3, -0.25) is 11.3 Å². The Hall–Kier alpha value is -1.01. The van der Waals surface area contributed by atoms with Crippen LogP contribution in [0, 0.1) is 11.6 Å². The molecular weight excluding hydrogens is 350 g/mol. The third-order valence-electron chi connectivity index (χ3n) is 2.96. The maximum atomic E-state index is 13.9. The van der Waals surface area contributed by atoms with E-state index in [1.54, 1.807) is 24.3 Å². The van der Waals surface area contributed by atoms with E-state index < -0.39 is 11.9 Å². The zero-order valence-corrected chi connectivity index (χ0v) is 12.7. The molecular formula is C14H12BrClF2N2. The second kappa shape index (κ2) is 6.63. The monoisotopic (exact) mass is 360 g/mol. The molecule has 0 aromatic heterocycles. The van der Waals surface area contributed by atoms with Crippen LogP contribution in [0.3, 0.4) is 0 Å². The van der Waals surface area contributed by atoms with Crippen molar-refractivity contribution in [2.75, 3.05) is 0 Å². The first kappa shape index (κ1) is 15.4. The topological polar surface area (TPSA) is 38.0 Å². The maximum Gasteiger partial charge on any atom is 0.137 e. The average Bonchev–Trinajstić information content (AvgIpc) is 2.41. The van der Waals surface area contributed by atoms with Crippen molar-refractivity contribution in [2.24, 2.45) is 5.84 Å². The van der Waals surface area contributed by atoms with E-state index >= 15 is 0 Å². The van der Waals surface area contributed by atoms with Gasteiger partial charge in [-0.25, -0.2) is 8.78 Å². The fourth-order valence-electron chi connectivity index (χ4n) is 1.95. The van der Waals surface area contributed by atoms with Gasteiger partial charge >= 0.3 is 0 Å². The van der Waals surface area contributed by atoms with Gasteiger partial charge in [-0.2, -0.15) is 0 Å². The Morgan fingerprint density at radius 3 is 2.50 bits per heavy atom. The van der Waals surface area contributed by atoms with Crippen LogP contribution in [0.2, 0.25) is 5.02 Å². The highest BCUT2D eigenvalue weighted by molar-refractivity contribution is 9.10. The fraction of sp³-hybridized carbons (Fsp3) is 0.143. The van der Waals surface area contributed by atoms with Gasteiger partial charge in [-0.15, -0.1) is 0 Å². The minimum atomic E-state index is -0.429. The molecule has 0 aliphatic carbocycles. The van der Waals surface area contributed by atoms with Gasteiger partial charge in [-0.05, 0) is 52.2 Å². The van der Waals surface area contributed by atoms with E-state index in [4.69, 9.17) is 17.4 Å². The van der Waals surface area contributed by atoms with E-state index in [0.717, 1.165) is 5.56 Å². The first-order chi connectivity index (χ1) is 9.51. The first-order valence-electron chi connectivity index (χ1n) is 5.86. The number of benzene rings is 2. The van der Waals surface area contributed by atoms with E-state index in [0.29, 0.717) is 21.5 Å². The minimum absolute atomic E-state index is 0.326. The van der Waals surface area contributed by atoms with Crippen LogP contribution in [-0.2, 0) is 6.42 Å². The quantitative estimate of drug-likeness (QED) is 0.635. The Morgan fingerprint density at radius 1 is 1.15 bits per heavy atom. The summed E-state index contributed by atoms with van der Waals surface area (Å²) < 4.78 is 27.4. The molecule has 20 heavy (non-hydrogen) atoms. The first-order valence-corrected chi connectivity index (χ1v) is 7.03. The summed E-state index contributed by atoms with van der Waals surface area (Å²) in [6.07, 6.45) is 0.425. The summed E-state index contributed by atoms with van der Waals surface area (Å²) in [5, 5.41) is 0.326. The standard InChI is InChI=1S/C14H12BrClF2N2/c15-11-5-8(1-4-12(11)17)6-14(20-19)10-3-2-9(16)7-13(10)18/h1-5,7,14,20H,6,19H2. The van der Waals surface area contributed by atoms with Gasteiger partial charge < -0.3 is 0 Å². The van der Waals surface area contributed by atoms with Crippen LogP contribution < -0.4 is 11.3 Å². The van der Waals surface area contributed by atoms with Crippen molar-refractivity contribution < 1.29 is 8.78 Å². The van der Waals surface area contributed by atoms with Crippen LogP contribution in [0.1, 0.15) is 17.2 Å². The Kier molecular flexibility index (Phi) is 5.10. The molecule has 2 rings (SSSR count). The van der Waals surface area contributed by atoms with Crippen LogP contribution in [0.15, 0.2) is 40.9 Å². The van der Waals surface area contributed by atoms with Gasteiger partial charge in [0.15, 0.2) is 0 Å². The molecule has 2 aromatic rings. The molecule has 1 atom stereocenters. The van der Waals surface area contributed by atoms with E-state index in [-0.39, 0.29) is 5.82 Å². The summed E-state index contributed by atoms with van der Waals surface area (Å²) in [5.74, 6) is 4.72. The van der Waals surface area contributed by atoms with Crippen molar-refractivity contribution in [1.29, 1.82) is 0 Å². The number of nitrogens with two attached hydrogens (primary N) is 1. The van der Waals surface area contributed by atoms with Gasteiger partial charge in [0.05, 0.1) is 10.5 Å². The zero-order chi connectivity index (χ0) is 14.7. The van der Waals surface area contributed by atoms with Crippen molar-refractivity contribution in [2.45, 2.75) is 12.5 Å². The lowest BCUT2D eigenvalue weighted by molar-refractivity contribution is 0.510. The van der Waals surface area contributed by atoms with Crippen molar-refractivity contribution in [3.05, 3.63) is 68.7 Å². The lowest BCUT2D eigenvalue weighted by Gasteiger charge is -2.17. The van der Waals surface area contributed by atoms with Crippen molar-refractivity contribution in [3.8, 4) is 0 Å². The number of rotatable bonds is 4. The Morgan fingerprint density at radius 2 is 1.90 bits per heavy atom. The Labute approximate surface area is 129 Å². The number of hydrogen-bond donors (Lipinski definition) is 2. The highest BCUT2D eigenvalue weighted by Gasteiger charge is 2.16. The van der Waals surface area contributed by atoms with Gasteiger partial charge in [0.1, 0.15) is 11.6 Å². The van der Waals surface area contributed by atoms with E-state index in [9.17, 15) is 8.78 Å². The number of hydrazine groups is 1. The van der Waals surface area contributed by atoms with Gasteiger partial charge in [0.25, 0.3) is 0 Å². The molecule has 0 fully saturated rings. The molecule has 6 heteroatoms. The molecule has 0 bridgehead atoms. The second-order valence-corrected chi connectivity index (χ2v) is 5.63. The largest absolute Gasteiger partial charge is 0.271 e. The molecule has 0 amide bonds. The summed E-state index contributed by atoms with van der Waals surface area (Å²) in [6.45, 7) is 0. The van der Waals surface area contributed by atoms with Gasteiger partial charge in [-0.1, -0.05) is 23.7 Å². The predicted octanol–water partition coefficient (Wildman–Crippen LogP) is 4.13. The maximum absolute atomic E-state index is 13.9.